The maximum Gasteiger partial charge on any atom is 0.265 e. The SMILES string of the molecule is CCCCN(C)C(=O)c1sc2cc(Cl)ccc2c1N. The Morgan fingerprint density at radius 3 is 2.89 bits per heavy atom. The monoisotopic (exact) mass is 296 g/mol. The zero-order valence-electron chi connectivity index (χ0n) is 11.1. The van der Waals surface area contributed by atoms with Crippen molar-refractivity contribution in [2.75, 3.05) is 19.3 Å². The molecule has 0 unspecified atom stereocenters. The number of nitrogens with two attached hydrogens (primary N) is 1. The fraction of sp³-hybridized carbons (Fsp3) is 0.357. The van der Waals surface area contributed by atoms with E-state index in [-0.39, 0.29) is 5.91 Å². The Morgan fingerprint density at radius 1 is 1.47 bits per heavy atom. The standard InChI is InChI=1S/C14H17ClN2OS/c1-3-4-7-17(2)14(18)13-12(16)10-6-5-9(15)8-11(10)19-13/h5-6,8H,3-4,7,16H2,1-2H3. The second kappa shape index (κ2) is 5.80. The molecule has 1 heterocycles. The third kappa shape index (κ3) is 2.85. The highest BCUT2D eigenvalue weighted by atomic mass is 35.5. The van der Waals surface area contributed by atoms with Crippen molar-refractivity contribution in [2.45, 2.75) is 19.8 Å². The number of fused-ring (bicyclic) bond motifs is 1. The van der Waals surface area contributed by atoms with Crippen molar-refractivity contribution < 1.29 is 4.79 Å². The first-order chi connectivity index (χ1) is 9.04. The van der Waals surface area contributed by atoms with Crippen LogP contribution in [0.4, 0.5) is 5.69 Å². The van der Waals surface area contributed by atoms with E-state index in [0.29, 0.717) is 15.6 Å². The van der Waals surface area contributed by atoms with Gasteiger partial charge in [0.1, 0.15) is 4.88 Å². The lowest BCUT2D eigenvalue weighted by Crippen LogP contribution is -2.27. The van der Waals surface area contributed by atoms with E-state index >= 15 is 0 Å². The number of nitrogen functional groups attached to an aromatic ring is 1. The molecule has 1 aromatic heterocycles. The highest BCUT2D eigenvalue weighted by Crippen LogP contribution is 2.35. The number of hydrogen-bond donors (Lipinski definition) is 1. The number of nitrogens with zero attached hydrogens (tertiary/aromatic N) is 1. The molecule has 2 N–H and O–H groups in total. The minimum atomic E-state index is -0.0109. The Hall–Kier alpha value is -1.26. The summed E-state index contributed by atoms with van der Waals surface area (Å²) in [6.45, 7) is 2.86. The number of amides is 1. The summed E-state index contributed by atoms with van der Waals surface area (Å²) in [4.78, 5) is 14.7. The first-order valence-corrected chi connectivity index (χ1v) is 7.47. The van der Waals surface area contributed by atoms with Gasteiger partial charge in [-0.1, -0.05) is 24.9 Å². The van der Waals surface area contributed by atoms with Crippen molar-refractivity contribution in [1.82, 2.24) is 4.90 Å². The fourth-order valence-electron chi connectivity index (χ4n) is 1.92. The number of carbonyl (C=O) groups excluding carboxylic acids is 1. The Bertz CT molecular complexity index is 609. The number of halogens is 1. The molecule has 2 rings (SSSR count). The number of carbonyl (C=O) groups is 1. The van der Waals surface area contributed by atoms with Crippen molar-refractivity contribution in [1.29, 1.82) is 0 Å². The number of unbranched alkanes of at least 4 members (excludes halogenated alkanes) is 1. The van der Waals surface area contributed by atoms with Gasteiger partial charge in [0.2, 0.25) is 0 Å². The summed E-state index contributed by atoms with van der Waals surface area (Å²) in [5.41, 5.74) is 6.64. The van der Waals surface area contributed by atoms with Gasteiger partial charge in [0, 0.05) is 28.7 Å². The summed E-state index contributed by atoms with van der Waals surface area (Å²) in [5, 5.41) is 1.56. The molecule has 3 nitrogen and oxygen atoms in total. The van der Waals surface area contributed by atoms with Crippen LogP contribution in [0.25, 0.3) is 10.1 Å². The highest BCUT2D eigenvalue weighted by Gasteiger charge is 2.19. The maximum atomic E-state index is 12.3. The lowest BCUT2D eigenvalue weighted by molar-refractivity contribution is 0.0799. The molecule has 19 heavy (non-hydrogen) atoms. The van der Waals surface area contributed by atoms with Crippen LogP contribution < -0.4 is 5.73 Å². The van der Waals surface area contributed by atoms with Crippen LogP contribution >= 0.6 is 22.9 Å². The van der Waals surface area contributed by atoms with Crippen LogP contribution in [0.1, 0.15) is 29.4 Å². The normalized spacial score (nSPS) is 10.9. The van der Waals surface area contributed by atoms with Crippen molar-refractivity contribution >= 4 is 44.6 Å². The molecule has 102 valence electrons. The van der Waals surface area contributed by atoms with Gasteiger partial charge in [-0.15, -0.1) is 11.3 Å². The predicted molar refractivity (Wildman–Crippen MR) is 83.1 cm³/mol. The topological polar surface area (TPSA) is 46.3 Å². The zero-order valence-corrected chi connectivity index (χ0v) is 12.6. The van der Waals surface area contributed by atoms with Crippen molar-refractivity contribution in [3.8, 4) is 0 Å². The maximum absolute atomic E-state index is 12.3. The fourth-order valence-corrected chi connectivity index (χ4v) is 3.31. The second-order valence-electron chi connectivity index (χ2n) is 4.57. The van der Waals surface area contributed by atoms with E-state index < -0.39 is 0 Å². The van der Waals surface area contributed by atoms with E-state index in [0.717, 1.165) is 29.5 Å². The molecular weight excluding hydrogens is 280 g/mol. The molecule has 0 spiro atoms. The molecule has 0 radical (unpaired) electrons. The molecule has 0 bridgehead atoms. The van der Waals surface area contributed by atoms with Crippen LogP contribution in [0.15, 0.2) is 18.2 Å². The van der Waals surface area contributed by atoms with E-state index in [9.17, 15) is 4.79 Å². The van der Waals surface area contributed by atoms with Crippen LogP contribution in [0, 0.1) is 0 Å². The molecular formula is C14H17ClN2OS. The average molecular weight is 297 g/mol. The Kier molecular flexibility index (Phi) is 4.32. The molecule has 0 saturated carbocycles. The van der Waals surface area contributed by atoms with Gasteiger partial charge in [0.05, 0.1) is 5.69 Å². The summed E-state index contributed by atoms with van der Waals surface area (Å²) in [6, 6.07) is 5.51. The quantitative estimate of drug-likeness (QED) is 0.926. The molecule has 5 heteroatoms. The van der Waals surface area contributed by atoms with Crippen LogP contribution in [0.3, 0.4) is 0 Å². The first kappa shape index (κ1) is 14.2. The second-order valence-corrected chi connectivity index (χ2v) is 6.05. The van der Waals surface area contributed by atoms with E-state index in [2.05, 4.69) is 6.92 Å². The Labute approximate surface area is 122 Å². The van der Waals surface area contributed by atoms with Gasteiger partial charge in [-0.3, -0.25) is 4.79 Å². The summed E-state index contributed by atoms with van der Waals surface area (Å²) in [7, 11) is 1.81. The number of anilines is 1. The molecule has 0 fully saturated rings. The highest BCUT2D eigenvalue weighted by molar-refractivity contribution is 7.21. The summed E-state index contributed by atoms with van der Waals surface area (Å²) in [6.07, 6.45) is 2.06. The van der Waals surface area contributed by atoms with Crippen LogP contribution in [0.2, 0.25) is 5.02 Å². The van der Waals surface area contributed by atoms with Gasteiger partial charge in [0.25, 0.3) is 5.91 Å². The molecule has 1 amide bonds. The van der Waals surface area contributed by atoms with Crippen molar-refractivity contribution in [3.63, 3.8) is 0 Å². The van der Waals surface area contributed by atoms with E-state index in [1.807, 2.05) is 19.2 Å². The predicted octanol–water partition coefficient (Wildman–Crippen LogP) is 4.01. The zero-order chi connectivity index (χ0) is 14.0. The van der Waals surface area contributed by atoms with E-state index in [4.69, 9.17) is 17.3 Å². The minimum Gasteiger partial charge on any atom is -0.397 e. The molecule has 0 aliphatic heterocycles. The van der Waals surface area contributed by atoms with Crippen molar-refractivity contribution in [3.05, 3.63) is 28.1 Å². The third-order valence-corrected chi connectivity index (χ3v) is 4.47. The van der Waals surface area contributed by atoms with Gasteiger partial charge in [-0.25, -0.2) is 0 Å². The van der Waals surface area contributed by atoms with Gasteiger partial charge >= 0.3 is 0 Å². The van der Waals surface area contributed by atoms with Gasteiger partial charge in [0.15, 0.2) is 0 Å². The summed E-state index contributed by atoms with van der Waals surface area (Å²) < 4.78 is 0.956. The molecule has 0 aliphatic carbocycles. The lowest BCUT2D eigenvalue weighted by atomic mass is 10.2. The minimum absolute atomic E-state index is 0.0109. The largest absolute Gasteiger partial charge is 0.397 e. The van der Waals surface area contributed by atoms with Crippen LogP contribution in [0.5, 0.6) is 0 Å². The first-order valence-electron chi connectivity index (χ1n) is 6.27. The molecule has 2 aromatic rings. The number of rotatable bonds is 4. The van der Waals surface area contributed by atoms with Gasteiger partial charge < -0.3 is 10.6 Å². The van der Waals surface area contributed by atoms with Crippen LogP contribution in [-0.4, -0.2) is 24.4 Å². The van der Waals surface area contributed by atoms with E-state index in [1.165, 1.54) is 11.3 Å². The van der Waals surface area contributed by atoms with Crippen molar-refractivity contribution in [2.24, 2.45) is 0 Å². The Balaban J connectivity index is 2.34. The van der Waals surface area contributed by atoms with Crippen LogP contribution in [-0.2, 0) is 0 Å². The van der Waals surface area contributed by atoms with Gasteiger partial charge in [-0.2, -0.15) is 0 Å². The third-order valence-electron chi connectivity index (χ3n) is 3.08. The molecule has 0 aliphatic rings. The number of thiophene rings is 1. The van der Waals surface area contributed by atoms with E-state index in [1.54, 1.807) is 11.0 Å². The molecule has 0 atom stereocenters. The average Bonchev–Trinajstić information content (AvgIpc) is 2.71. The molecule has 1 aromatic carbocycles. The lowest BCUT2D eigenvalue weighted by Gasteiger charge is -2.15. The smallest absolute Gasteiger partial charge is 0.265 e. The van der Waals surface area contributed by atoms with Gasteiger partial charge in [-0.05, 0) is 24.6 Å². The Morgan fingerprint density at radius 2 is 2.21 bits per heavy atom. The molecule has 0 saturated heterocycles. The summed E-state index contributed by atoms with van der Waals surface area (Å²) >= 11 is 7.37. The number of hydrogen-bond acceptors (Lipinski definition) is 3. The summed E-state index contributed by atoms with van der Waals surface area (Å²) in [5.74, 6) is -0.0109. The number of benzene rings is 1.